The first-order chi connectivity index (χ1) is 14.2. The number of amides is 1. The molecule has 0 aliphatic carbocycles. The Kier molecular flexibility index (Phi) is 9.00. The van der Waals surface area contributed by atoms with E-state index in [4.69, 9.17) is 0 Å². The van der Waals surface area contributed by atoms with Crippen LogP contribution in [0.1, 0.15) is 57.4 Å². The van der Waals surface area contributed by atoms with Crippen LogP contribution in [0.15, 0.2) is 30.3 Å². The lowest BCUT2D eigenvalue weighted by atomic mass is 9.92. The number of piperidine rings is 2. The maximum Gasteiger partial charge on any atom is 0.225 e. The molecular formula is C25H41N3O. The van der Waals surface area contributed by atoms with Gasteiger partial charge in [-0.15, -0.1) is 0 Å². The third-order valence-electron chi connectivity index (χ3n) is 6.96. The zero-order valence-electron chi connectivity index (χ0n) is 18.7. The number of carbonyl (C=O) groups is 1. The number of nitrogens with zero attached hydrogens (tertiary/aromatic N) is 3. The molecule has 1 amide bonds. The van der Waals surface area contributed by atoms with Gasteiger partial charge in [0.2, 0.25) is 5.91 Å². The molecule has 0 saturated carbocycles. The molecule has 0 unspecified atom stereocenters. The van der Waals surface area contributed by atoms with Crippen LogP contribution in [0.4, 0.5) is 0 Å². The van der Waals surface area contributed by atoms with E-state index in [-0.39, 0.29) is 5.92 Å². The Labute approximate surface area is 178 Å². The van der Waals surface area contributed by atoms with Crippen LogP contribution in [0, 0.1) is 5.92 Å². The van der Waals surface area contributed by atoms with Gasteiger partial charge in [-0.2, -0.15) is 0 Å². The molecule has 0 radical (unpaired) electrons. The molecule has 3 rings (SSSR count). The molecule has 2 saturated heterocycles. The fourth-order valence-electron chi connectivity index (χ4n) is 4.99. The van der Waals surface area contributed by atoms with Crippen LogP contribution in [0.3, 0.4) is 0 Å². The average molecular weight is 400 g/mol. The number of benzene rings is 1. The zero-order valence-corrected chi connectivity index (χ0v) is 18.7. The van der Waals surface area contributed by atoms with Crippen molar-refractivity contribution in [1.82, 2.24) is 14.7 Å². The molecule has 29 heavy (non-hydrogen) atoms. The van der Waals surface area contributed by atoms with Crippen molar-refractivity contribution in [3.05, 3.63) is 35.9 Å². The molecule has 2 aliphatic heterocycles. The summed E-state index contributed by atoms with van der Waals surface area (Å²) in [5.74, 6) is 0.637. The number of aryl methyl sites for hydroxylation is 1. The van der Waals surface area contributed by atoms with Gasteiger partial charge in [0.15, 0.2) is 0 Å². The number of carbonyl (C=O) groups excluding carboxylic acids is 1. The van der Waals surface area contributed by atoms with Crippen molar-refractivity contribution >= 4 is 5.91 Å². The third kappa shape index (κ3) is 6.82. The van der Waals surface area contributed by atoms with Gasteiger partial charge in [0.1, 0.15) is 0 Å². The molecule has 2 fully saturated rings. The fourth-order valence-corrected chi connectivity index (χ4v) is 4.99. The summed E-state index contributed by atoms with van der Waals surface area (Å²) in [5.41, 5.74) is 1.46. The number of unbranched alkanes of at least 4 members (excludes halogenated alkanes) is 1. The second-order valence-electron chi connectivity index (χ2n) is 9.09. The molecular weight excluding hydrogens is 358 g/mol. The molecule has 2 aliphatic rings. The van der Waals surface area contributed by atoms with Crippen LogP contribution in [-0.4, -0.2) is 73.0 Å². The summed E-state index contributed by atoms with van der Waals surface area (Å²) in [6.45, 7) is 9.01. The van der Waals surface area contributed by atoms with Gasteiger partial charge in [-0.25, -0.2) is 0 Å². The number of rotatable bonds is 9. The van der Waals surface area contributed by atoms with Crippen molar-refractivity contribution in [2.45, 2.75) is 64.3 Å². The van der Waals surface area contributed by atoms with Gasteiger partial charge in [0.25, 0.3) is 0 Å². The molecule has 0 bridgehead atoms. The Balaban J connectivity index is 1.32. The monoisotopic (exact) mass is 399 g/mol. The number of hydrogen-bond donors (Lipinski definition) is 0. The van der Waals surface area contributed by atoms with Crippen molar-refractivity contribution in [1.29, 1.82) is 0 Å². The molecule has 0 spiro atoms. The predicted octanol–water partition coefficient (Wildman–Crippen LogP) is 4.05. The van der Waals surface area contributed by atoms with Gasteiger partial charge < -0.3 is 14.7 Å². The fraction of sp³-hybridized carbons (Fsp3) is 0.720. The maximum atomic E-state index is 12.6. The molecule has 0 atom stereocenters. The summed E-state index contributed by atoms with van der Waals surface area (Å²) >= 11 is 0. The van der Waals surface area contributed by atoms with E-state index in [2.05, 4.69) is 47.1 Å². The quantitative estimate of drug-likeness (QED) is 0.627. The minimum absolute atomic E-state index is 0.256. The third-order valence-corrected chi connectivity index (χ3v) is 6.96. The van der Waals surface area contributed by atoms with Gasteiger partial charge in [0, 0.05) is 25.6 Å². The highest BCUT2D eigenvalue weighted by Crippen LogP contribution is 2.25. The Hall–Kier alpha value is -1.39. The van der Waals surface area contributed by atoms with Crippen molar-refractivity contribution in [2.24, 2.45) is 5.92 Å². The Morgan fingerprint density at radius 2 is 1.69 bits per heavy atom. The topological polar surface area (TPSA) is 26.8 Å². The summed E-state index contributed by atoms with van der Waals surface area (Å²) in [5, 5.41) is 0. The van der Waals surface area contributed by atoms with E-state index in [0.717, 1.165) is 51.4 Å². The highest BCUT2D eigenvalue weighted by Gasteiger charge is 2.31. The van der Waals surface area contributed by atoms with E-state index < -0.39 is 0 Å². The van der Waals surface area contributed by atoms with Crippen LogP contribution in [0.5, 0.6) is 0 Å². The van der Waals surface area contributed by atoms with Gasteiger partial charge in [0.05, 0.1) is 0 Å². The summed E-state index contributed by atoms with van der Waals surface area (Å²) in [7, 11) is 1.98. The SMILES string of the molecule is CCCCN(C)C(=O)C1CCN(C2CCN(CCCc3ccccc3)CC2)CC1. The highest BCUT2D eigenvalue weighted by atomic mass is 16.2. The normalized spacial score (nSPS) is 20.1. The summed E-state index contributed by atoms with van der Waals surface area (Å²) in [4.78, 5) is 19.9. The van der Waals surface area contributed by atoms with Crippen molar-refractivity contribution in [2.75, 3.05) is 46.3 Å². The minimum atomic E-state index is 0.256. The smallest absolute Gasteiger partial charge is 0.225 e. The lowest BCUT2D eigenvalue weighted by molar-refractivity contribution is -0.136. The van der Waals surface area contributed by atoms with Crippen LogP contribution in [-0.2, 0) is 11.2 Å². The van der Waals surface area contributed by atoms with E-state index in [9.17, 15) is 4.79 Å². The molecule has 2 heterocycles. The van der Waals surface area contributed by atoms with Crippen LogP contribution < -0.4 is 0 Å². The number of likely N-dealkylation sites (tertiary alicyclic amines) is 2. The van der Waals surface area contributed by atoms with Gasteiger partial charge in [-0.3, -0.25) is 4.79 Å². The van der Waals surface area contributed by atoms with E-state index in [1.807, 2.05) is 11.9 Å². The van der Waals surface area contributed by atoms with Crippen molar-refractivity contribution in [3.63, 3.8) is 0 Å². The van der Waals surface area contributed by atoms with E-state index in [1.165, 1.54) is 50.9 Å². The van der Waals surface area contributed by atoms with Crippen LogP contribution in [0.25, 0.3) is 0 Å². The molecule has 1 aromatic rings. The molecule has 0 N–H and O–H groups in total. The van der Waals surface area contributed by atoms with E-state index >= 15 is 0 Å². The lowest BCUT2D eigenvalue weighted by Gasteiger charge is -2.42. The number of hydrogen-bond acceptors (Lipinski definition) is 3. The minimum Gasteiger partial charge on any atom is -0.346 e. The van der Waals surface area contributed by atoms with Crippen LogP contribution in [0.2, 0.25) is 0 Å². The molecule has 4 heteroatoms. The molecule has 0 aromatic heterocycles. The summed E-state index contributed by atoms with van der Waals surface area (Å²) < 4.78 is 0. The standard InChI is InChI=1S/C25H41N3O/c1-3-4-16-26(2)25(29)23-12-20-28(21-13-23)24-14-18-27(19-15-24)17-8-11-22-9-6-5-7-10-22/h5-7,9-10,23-24H,3-4,8,11-21H2,1-2H3. The van der Waals surface area contributed by atoms with Crippen molar-refractivity contribution in [3.8, 4) is 0 Å². The van der Waals surface area contributed by atoms with Gasteiger partial charge in [-0.1, -0.05) is 43.7 Å². The Bertz CT molecular complexity index is 589. The van der Waals surface area contributed by atoms with E-state index in [1.54, 1.807) is 0 Å². The zero-order chi connectivity index (χ0) is 20.5. The summed E-state index contributed by atoms with van der Waals surface area (Å²) in [6.07, 6.45) is 9.40. The second kappa shape index (κ2) is 11.7. The summed E-state index contributed by atoms with van der Waals surface area (Å²) in [6, 6.07) is 11.6. The second-order valence-corrected chi connectivity index (χ2v) is 9.09. The lowest BCUT2D eigenvalue weighted by Crippen LogP contribution is -2.49. The molecule has 1 aromatic carbocycles. The Morgan fingerprint density at radius 1 is 1.00 bits per heavy atom. The molecule has 4 nitrogen and oxygen atoms in total. The first-order valence-corrected chi connectivity index (χ1v) is 11.9. The maximum absolute atomic E-state index is 12.6. The highest BCUT2D eigenvalue weighted by molar-refractivity contribution is 5.78. The Morgan fingerprint density at radius 3 is 2.34 bits per heavy atom. The van der Waals surface area contributed by atoms with Crippen molar-refractivity contribution < 1.29 is 4.79 Å². The molecule has 162 valence electrons. The first kappa shape index (κ1) is 22.3. The average Bonchev–Trinajstić information content (AvgIpc) is 2.78. The van der Waals surface area contributed by atoms with Crippen LogP contribution >= 0.6 is 0 Å². The largest absolute Gasteiger partial charge is 0.346 e. The first-order valence-electron chi connectivity index (χ1n) is 11.9. The van der Waals surface area contributed by atoms with Gasteiger partial charge >= 0.3 is 0 Å². The predicted molar refractivity (Wildman–Crippen MR) is 121 cm³/mol. The van der Waals surface area contributed by atoms with E-state index in [0.29, 0.717) is 5.91 Å². The van der Waals surface area contributed by atoms with Gasteiger partial charge in [-0.05, 0) is 83.2 Å².